The quantitative estimate of drug-likeness (QED) is 0.484. The first-order valence-corrected chi connectivity index (χ1v) is 9.02. The highest BCUT2D eigenvalue weighted by atomic mass is 35.5. The Morgan fingerprint density at radius 2 is 2.11 bits per heavy atom. The average molecular weight is 420 g/mol. The summed E-state index contributed by atoms with van der Waals surface area (Å²) in [6.45, 7) is 0.0954. The number of amides is 1. The van der Waals surface area contributed by atoms with Crippen molar-refractivity contribution in [3.8, 4) is 22.9 Å². The summed E-state index contributed by atoms with van der Waals surface area (Å²) >= 11 is 11.6. The van der Waals surface area contributed by atoms with Gasteiger partial charge in [-0.3, -0.25) is 4.79 Å². The molecule has 4 N–H and O–H groups in total. The highest BCUT2D eigenvalue weighted by Gasteiger charge is 2.14. The van der Waals surface area contributed by atoms with Crippen molar-refractivity contribution in [3.05, 3.63) is 57.8 Å². The molecule has 0 bridgehead atoms. The van der Waals surface area contributed by atoms with E-state index in [1.807, 2.05) is 30.3 Å². The molecule has 0 saturated carbocycles. The number of nitrogens with two attached hydrogens (primary N) is 1. The molecule has 8 nitrogen and oxygen atoms in total. The maximum absolute atomic E-state index is 10.9. The lowest BCUT2D eigenvalue weighted by Gasteiger charge is -2.15. The van der Waals surface area contributed by atoms with Crippen LogP contribution in [0.4, 0.5) is 0 Å². The minimum Gasteiger partial charge on any atom is -0.493 e. The van der Waals surface area contributed by atoms with Crippen LogP contribution < -0.4 is 20.6 Å². The summed E-state index contributed by atoms with van der Waals surface area (Å²) in [4.78, 5) is 10.9. The van der Waals surface area contributed by atoms with Gasteiger partial charge in [0.1, 0.15) is 0 Å². The molecule has 10 heteroatoms. The number of benzene rings is 2. The highest BCUT2D eigenvalue weighted by molar-refractivity contribution is 7.71. The average Bonchev–Trinajstić information content (AvgIpc) is 3.06. The second-order valence-corrected chi connectivity index (χ2v) is 6.55. The van der Waals surface area contributed by atoms with Gasteiger partial charge in [-0.2, -0.15) is 5.10 Å². The number of hydrogen-bond donors (Lipinski definition) is 3. The Kier molecular flexibility index (Phi) is 6.17. The van der Waals surface area contributed by atoms with Gasteiger partial charge in [0.25, 0.3) is 5.91 Å². The first kappa shape index (κ1) is 19.7. The number of primary amides is 1. The van der Waals surface area contributed by atoms with Gasteiger partial charge in [0, 0.05) is 5.56 Å². The minimum absolute atomic E-state index is 0.261. The van der Waals surface area contributed by atoms with Crippen LogP contribution in [0.5, 0.6) is 11.5 Å². The number of methoxy groups -OCH3 is 1. The lowest BCUT2D eigenvalue weighted by Crippen LogP contribution is -2.20. The van der Waals surface area contributed by atoms with Crippen LogP contribution >= 0.6 is 23.8 Å². The Morgan fingerprint density at radius 1 is 1.36 bits per heavy atom. The van der Waals surface area contributed by atoms with E-state index in [4.69, 9.17) is 39.0 Å². The molecule has 0 unspecified atom stereocenters. The zero-order valence-electron chi connectivity index (χ0n) is 14.9. The molecule has 0 atom stereocenters. The van der Waals surface area contributed by atoms with Crippen LogP contribution in [0.15, 0.2) is 42.5 Å². The van der Waals surface area contributed by atoms with E-state index in [0.717, 1.165) is 11.1 Å². The molecule has 0 radical (unpaired) electrons. The Balaban J connectivity index is 1.82. The van der Waals surface area contributed by atoms with Gasteiger partial charge in [-0.05, 0) is 29.9 Å². The molecule has 0 fully saturated rings. The highest BCUT2D eigenvalue weighted by Crippen LogP contribution is 2.36. The summed E-state index contributed by atoms with van der Waals surface area (Å²) in [5.41, 5.74) is 10.1. The van der Waals surface area contributed by atoms with Gasteiger partial charge >= 0.3 is 0 Å². The fourth-order valence-electron chi connectivity index (χ4n) is 2.55. The van der Waals surface area contributed by atoms with Crippen molar-refractivity contribution in [1.29, 1.82) is 0 Å². The van der Waals surface area contributed by atoms with Gasteiger partial charge in [-0.25, -0.2) is 9.77 Å². The monoisotopic (exact) mass is 419 g/mol. The second-order valence-electron chi connectivity index (χ2n) is 5.75. The van der Waals surface area contributed by atoms with Crippen molar-refractivity contribution in [1.82, 2.24) is 14.9 Å². The van der Waals surface area contributed by atoms with E-state index in [0.29, 0.717) is 27.9 Å². The van der Waals surface area contributed by atoms with Gasteiger partial charge in [0.05, 0.1) is 18.7 Å². The van der Waals surface area contributed by atoms with Crippen molar-refractivity contribution in [2.24, 2.45) is 5.73 Å². The minimum atomic E-state index is -0.605. The third-order valence-electron chi connectivity index (χ3n) is 3.79. The van der Waals surface area contributed by atoms with Crippen LogP contribution in [0.2, 0.25) is 5.02 Å². The van der Waals surface area contributed by atoms with E-state index in [9.17, 15) is 4.79 Å². The van der Waals surface area contributed by atoms with E-state index in [1.165, 1.54) is 7.11 Å². The van der Waals surface area contributed by atoms with E-state index in [-0.39, 0.29) is 12.4 Å². The number of aromatic nitrogens is 3. The van der Waals surface area contributed by atoms with Crippen molar-refractivity contribution in [2.75, 3.05) is 19.1 Å². The number of halogens is 1. The van der Waals surface area contributed by atoms with Crippen molar-refractivity contribution < 1.29 is 14.3 Å². The number of H-pyrrole nitrogens is 1. The van der Waals surface area contributed by atoms with Crippen LogP contribution in [0.1, 0.15) is 5.56 Å². The fourth-order valence-corrected chi connectivity index (χ4v) is 3.04. The van der Waals surface area contributed by atoms with Crippen LogP contribution in [0.3, 0.4) is 0 Å². The van der Waals surface area contributed by atoms with Crippen LogP contribution in [0, 0.1) is 4.77 Å². The standard InChI is InChI=1S/C18H18ClN5O3S/c1-26-14-8-11(7-13(19)16(14)27-10-15(20)25)9-21-24-17(22-23-18(24)28)12-5-3-2-4-6-12/h2-8,21H,9-10H2,1H3,(H2,20,25)(H,23,28). The normalized spacial score (nSPS) is 10.5. The van der Waals surface area contributed by atoms with E-state index < -0.39 is 5.91 Å². The number of carbonyl (C=O) groups excluding carboxylic acids is 1. The van der Waals surface area contributed by atoms with E-state index in [2.05, 4.69) is 15.6 Å². The number of rotatable bonds is 8. The molecular formula is C18H18ClN5O3S. The molecule has 28 heavy (non-hydrogen) atoms. The topological polar surface area (TPSA) is 107 Å². The van der Waals surface area contributed by atoms with Crippen LogP contribution in [0.25, 0.3) is 11.4 Å². The van der Waals surface area contributed by atoms with Crippen LogP contribution in [-0.4, -0.2) is 34.5 Å². The van der Waals surface area contributed by atoms with Crippen LogP contribution in [-0.2, 0) is 11.3 Å². The van der Waals surface area contributed by atoms with E-state index >= 15 is 0 Å². The van der Waals surface area contributed by atoms with Crippen molar-refractivity contribution in [3.63, 3.8) is 0 Å². The lowest BCUT2D eigenvalue weighted by molar-refractivity contribution is -0.119. The molecule has 0 spiro atoms. The summed E-state index contributed by atoms with van der Waals surface area (Å²) in [6, 6.07) is 13.1. The number of nitrogens with zero attached hydrogens (tertiary/aromatic N) is 2. The third kappa shape index (κ3) is 4.44. The Labute approximate surface area is 171 Å². The summed E-state index contributed by atoms with van der Waals surface area (Å²) in [5.74, 6) is 0.706. The number of ether oxygens (including phenoxy) is 2. The number of hydrogen-bond acceptors (Lipinski definition) is 6. The summed E-state index contributed by atoms with van der Waals surface area (Å²) < 4.78 is 12.8. The Hall–Kier alpha value is -3.04. The zero-order chi connectivity index (χ0) is 20.1. The smallest absolute Gasteiger partial charge is 0.255 e. The predicted octanol–water partition coefficient (Wildman–Crippen LogP) is 2.88. The van der Waals surface area contributed by atoms with Gasteiger partial charge < -0.3 is 20.6 Å². The third-order valence-corrected chi connectivity index (χ3v) is 4.35. The van der Waals surface area contributed by atoms with E-state index in [1.54, 1.807) is 16.8 Å². The first-order chi connectivity index (χ1) is 13.5. The second kappa shape index (κ2) is 8.77. The van der Waals surface area contributed by atoms with Gasteiger partial charge in [-0.15, -0.1) is 0 Å². The fraction of sp³-hybridized carbons (Fsp3) is 0.167. The van der Waals surface area contributed by atoms with Crippen molar-refractivity contribution >= 4 is 29.7 Å². The molecule has 0 aliphatic carbocycles. The predicted molar refractivity (Wildman–Crippen MR) is 109 cm³/mol. The van der Waals surface area contributed by atoms with Gasteiger partial charge in [-0.1, -0.05) is 41.9 Å². The summed E-state index contributed by atoms with van der Waals surface area (Å²) in [7, 11) is 1.49. The maximum Gasteiger partial charge on any atom is 0.255 e. The maximum atomic E-state index is 10.9. The molecule has 2 aromatic carbocycles. The summed E-state index contributed by atoms with van der Waals surface area (Å²) in [6.07, 6.45) is 0. The zero-order valence-corrected chi connectivity index (χ0v) is 16.5. The molecule has 146 valence electrons. The SMILES string of the molecule is COc1cc(CNn2c(-c3ccccc3)n[nH]c2=S)cc(Cl)c1OCC(N)=O. The largest absolute Gasteiger partial charge is 0.493 e. The summed E-state index contributed by atoms with van der Waals surface area (Å²) in [5, 5.41) is 7.36. The Bertz CT molecular complexity index is 1040. The first-order valence-electron chi connectivity index (χ1n) is 8.24. The molecule has 0 saturated heterocycles. The number of carbonyl (C=O) groups is 1. The lowest BCUT2D eigenvalue weighted by atomic mass is 10.2. The van der Waals surface area contributed by atoms with Crippen molar-refractivity contribution in [2.45, 2.75) is 6.54 Å². The number of nitrogens with one attached hydrogen (secondary N) is 2. The molecule has 0 aliphatic heterocycles. The number of aromatic amines is 1. The Morgan fingerprint density at radius 3 is 2.79 bits per heavy atom. The molecule has 1 aromatic heterocycles. The molecule has 1 heterocycles. The molecule has 1 amide bonds. The molecule has 3 rings (SSSR count). The molecule has 3 aromatic rings. The molecular weight excluding hydrogens is 402 g/mol. The van der Waals surface area contributed by atoms with Gasteiger partial charge in [0.2, 0.25) is 4.77 Å². The van der Waals surface area contributed by atoms with Gasteiger partial charge in [0.15, 0.2) is 23.9 Å². The molecule has 0 aliphatic rings.